The molecule has 4 aromatic rings. The molecule has 0 N–H and O–H groups in total. The van der Waals surface area contributed by atoms with Gasteiger partial charge in [0, 0.05) is 53.1 Å². The summed E-state index contributed by atoms with van der Waals surface area (Å²) < 4.78 is 11.1. The first-order chi connectivity index (χ1) is 22.6. The molecule has 0 atom stereocenters. The maximum absolute atomic E-state index is 11.4. The third-order valence-corrected chi connectivity index (χ3v) is 9.64. The Kier molecular flexibility index (Phi) is 8.54. The fourth-order valence-electron chi connectivity index (χ4n) is 7.16. The first-order valence-electron chi connectivity index (χ1n) is 16.4. The summed E-state index contributed by atoms with van der Waals surface area (Å²) in [7, 11) is 0. The summed E-state index contributed by atoms with van der Waals surface area (Å²) in [4.78, 5) is 11.0. The van der Waals surface area contributed by atoms with Gasteiger partial charge in [0.1, 0.15) is 25.4 Å². The van der Waals surface area contributed by atoms with E-state index in [1.807, 2.05) is 12.1 Å². The Labute approximate surface area is 277 Å². The second-order valence-corrected chi connectivity index (χ2v) is 13.2. The van der Waals surface area contributed by atoms with Crippen molar-refractivity contribution < 1.29 is 18.8 Å². The summed E-state index contributed by atoms with van der Waals surface area (Å²) in [6, 6.07) is 30.1. The summed E-state index contributed by atoms with van der Waals surface area (Å²) in [6.07, 6.45) is 8.80. The molecule has 0 unspecified atom stereocenters. The first kappa shape index (κ1) is 31.9. The molecule has 0 radical (unpaired) electrons. The van der Waals surface area contributed by atoms with Gasteiger partial charge in [0.25, 0.3) is 5.69 Å². The van der Waals surface area contributed by atoms with E-state index in [1.165, 1.54) is 40.0 Å². The number of nitrogens with zero attached hydrogens (tertiary/aromatic N) is 3. The van der Waals surface area contributed by atoms with E-state index in [-0.39, 0.29) is 28.0 Å². The van der Waals surface area contributed by atoms with Gasteiger partial charge in [-0.25, -0.2) is 0 Å². The second-order valence-electron chi connectivity index (χ2n) is 13.2. The van der Waals surface area contributed by atoms with Crippen LogP contribution in [0.4, 0.5) is 17.1 Å². The van der Waals surface area contributed by atoms with Gasteiger partial charge in [0.15, 0.2) is 11.4 Å². The number of nitro groups is 1. The lowest BCUT2D eigenvalue weighted by Crippen LogP contribution is -2.27. The number of nitro benzene ring substituents is 1. The third kappa shape index (κ3) is 5.85. The van der Waals surface area contributed by atoms with E-state index in [2.05, 4.69) is 136 Å². The maximum atomic E-state index is 11.4. The molecule has 0 saturated heterocycles. The summed E-state index contributed by atoms with van der Waals surface area (Å²) in [5.41, 5.74) is 10.2. The molecule has 47 heavy (non-hydrogen) atoms. The standard InChI is InChI=1S/C41H43N3O3/c1-7-42-35-18-11-9-16-33(35)40(3,4)38(42)24-21-29-20-23-37(47-28-30-14-13-15-32(27-30)44(45)46)31(26-29)22-25-39-41(5,6)34-17-10-12-19-36(34)43(39)8-2/h9-27H,7-8,28H2,1-6H3/q+2/b24-21+,25-22+. The summed E-state index contributed by atoms with van der Waals surface area (Å²) >= 11 is 0. The van der Waals surface area contributed by atoms with Crippen molar-refractivity contribution in [2.45, 2.75) is 59.0 Å². The molecule has 6 nitrogen and oxygen atoms in total. The van der Waals surface area contributed by atoms with Gasteiger partial charge in [0.05, 0.1) is 15.8 Å². The van der Waals surface area contributed by atoms with Gasteiger partial charge < -0.3 is 4.74 Å². The zero-order chi connectivity index (χ0) is 33.3. The van der Waals surface area contributed by atoms with Crippen LogP contribution in [0.2, 0.25) is 0 Å². The van der Waals surface area contributed by atoms with E-state index in [0.29, 0.717) is 0 Å². The van der Waals surface area contributed by atoms with E-state index in [0.717, 1.165) is 35.5 Å². The predicted molar refractivity (Wildman–Crippen MR) is 192 cm³/mol. The largest absolute Gasteiger partial charge is 0.488 e. The van der Waals surface area contributed by atoms with Crippen LogP contribution in [-0.4, -0.2) is 38.6 Å². The number of ether oxygens (including phenoxy) is 1. The van der Waals surface area contributed by atoms with E-state index in [1.54, 1.807) is 12.1 Å². The van der Waals surface area contributed by atoms with Gasteiger partial charge in [-0.05, 0) is 77.0 Å². The molecule has 6 rings (SSSR count). The van der Waals surface area contributed by atoms with Crippen molar-refractivity contribution in [3.8, 4) is 5.75 Å². The average Bonchev–Trinajstić information content (AvgIpc) is 3.43. The van der Waals surface area contributed by atoms with Gasteiger partial charge in [0.2, 0.25) is 11.4 Å². The van der Waals surface area contributed by atoms with E-state index in [4.69, 9.17) is 4.74 Å². The smallest absolute Gasteiger partial charge is 0.269 e. The maximum Gasteiger partial charge on any atom is 0.269 e. The van der Waals surface area contributed by atoms with Gasteiger partial charge in [-0.1, -0.05) is 54.6 Å². The zero-order valence-electron chi connectivity index (χ0n) is 28.2. The number of para-hydroxylation sites is 2. The molecule has 6 heteroatoms. The van der Waals surface area contributed by atoms with Crippen LogP contribution < -0.4 is 4.74 Å². The fraction of sp³-hybridized carbons (Fsp3) is 0.268. The molecule has 4 aromatic carbocycles. The van der Waals surface area contributed by atoms with Gasteiger partial charge >= 0.3 is 0 Å². The highest BCUT2D eigenvalue weighted by Crippen LogP contribution is 2.41. The molecule has 2 aliphatic heterocycles. The first-order valence-corrected chi connectivity index (χ1v) is 16.4. The van der Waals surface area contributed by atoms with Crippen molar-refractivity contribution in [2.24, 2.45) is 0 Å². The summed E-state index contributed by atoms with van der Waals surface area (Å²) in [5, 5.41) is 11.4. The van der Waals surface area contributed by atoms with Crippen LogP contribution in [0, 0.1) is 10.1 Å². The minimum Gasteiger partial charge on any atom is -0.488 e. The Morgan fingerprint density at radius 2 is 1.28 bits per heavy atom. The highest BCUT2D eigenvalue weighted by atomic mass is 16.6. The molecule has 2 heterocycles. The third-order valence-electron chi connectivity index (χ3n) is 9.64. The zero-order valence-corrected chi connectivity index (χ0v) is 28.2. The van der Waals surface area contributed by atoms with Crippen molar-refractivity contribution in [1.82, 2.24) is 0 Å². The van der Waals surface area contributed by atoms with Gasteiger partial charge in [-0.15, -0.1) is 0 Å². The SMILES string of the molecule is CC[N+]1=C(/C=C/c2ccc(OCc3cccc([N+](=O)[O-])c3)c(/C=C/C3=[N+](CC)c4ccccc4C3(C)C)c2)C(C)(C)c2ccccc21. The number of fused-ring (bicyclic) bond motifs is 2. The van der Waals surface area contributed by atoms with Crippen molar-refractivity contribution in [3.05, 3.63) is 141 Å². The highest BCUT2D eigenvalue weighted by Gasteiger charge is 2.44. The number of non-ortho nitro benzene ring substituents is 1. The van der Waals surface area contributed by atoms with E-state index < -0.39 is 0 Å². The second kappa shape index (κ2) is 12.6. The number of hydrogen-bond donors (Lipinski definition) is 0. The van der Waals surface area contributed by atoms with Crippen molar-refractivity contribution >= 4 is 40.6 Å². The lowest BCUT2D eigenvalue weighted by molar-refractivity contribution is -0.433. The van der Waals surface area contributed by atoms with Crippen LogP contribution in [0.5, 0.6) is 5.75 Å². The highest BCUT2D eigenvalue weighted by molar-refractivity contribution is 6.06. The Morgan fingerprint density at radius 3 is 1.85 bits per heavy atom. The number of allylic oxidation sites excluding steroid dienone is 2. The van der Waals surface area contributed by atoms with Crippen LogP contribution in [0.25, 0.3) is 12.2 Å². The molecule has 0 bridgehead atoms. The minimum absolute atomic E-state index is 0.0569. The molecular weight excluding hydrogens is 582 g/mol. The van der Waals surface area contributed by atoms with Gasteiger partial charge in [-0.2, -0.15) is 9.15 Å². The van der Waals surface area contributed by atoms with Crippen LogP contribution >= 0.6 is 0 Å². The quantitative estimate of drug-likeness (QED) is 0.100. The van der Waals surface area contributed by atoms with Crippen molar-refractivity contribution in [2.75, 3.05) is 13.1 Å². The molecule has 2 aliphatic rings. The monoisotopic (exact) mass is 625 g/mol. The molecule has 238 valence electrons. The Morgan fingerprint density at radius 1 is 0.702 bits per heavy atom. The van der Waals surface area contributed by atoms with Crippen LogP contribution in [0.1, 0.15) is 69.4 Å². The minimum atomic E-state index is -0.376. The topological polar surface area (TPSA) is 58.4 Å². The van der Waals surface area contributed by atoms with E-state index >= 15 is 0 Å². The Bertz CT molecular complexity index is 1990. The van der Waals surface area contributed by atoms with Crippen LogP contribution in [0.15, 0.2) is 103 Å². The Hall–Kier alpha value is -5.10. The molecule has 0 spiro atoms. The van der Waals surface area contributed by atoms with Crippen LogP contribution in [0.3, 0.4) is 0 Å². The molecule has 0 amide bonds. The van der Waals surface area contributed by atoms with Crippen molar-refractivity contribution in [1.29, 1.82) is 0 Å². The summed E-state index contributed by atoms with van der Waals surface area (Å²) in [6.45, 7) is 15.5. The lowest BCUT2D eigenvalue weighted by Gasteiger charge is -2.16. The lowest BCUT2D eigenvalue weighted by atomic mass is 9.81. The van der Waals surface area contributed by atoms with Crippen molar-refractivity contribution in [3.63, 3.8) is 0 Å². The van der Waals surface area contributed by atoms with E-state index in [9.17, 15) is 10.1 Å². The fourth-order valence-corrected chi connectivity index (χ4v) is 7.16. The van der Waals surface area contributed by atoms with Crippen LogP contribution in [-0.2, 0) is 17.4 Å². The predicted octanol–water partition coefficient (Wildman–Crippen LogP) is 9.39. The molecule has 0 aromatic heterocycles. The molecule has 0 aliphatic carbocycles. The molecular formula is C41H43N3O3+2. The summed E-state index contributed by atoms with van der Waals surface area (Å²) in [5.74, 6) is 0.721. The number of benzene rings is 4. The average molecular weight is 626 g/mol. The molecule has 0 fully saturated rings. The number of hydrogen-bond acceptors (Lipinski definition) is 3. The van der Waals surface area contributed by atoms with Gasteiger partial charge in [-0.3, -0.25) is 10.1 Å². The number of rotatable bonds is 10. The normalized spacial score (nSPS) is 16.3. The Balaban J connectivity index is 1.38. The molecule has 0 saturated carbocycles.